The molecule has 8 heteroatoms. The van der Waals surface area contributed by atoms with E-state index in [1.807, 2.05) is 6.92 Å². The lowest BCUT2D eigenvalue weighted by atomic mass is 9.67. The third-order valence-electron chi connectivity index (χ3n) is 3.83. The Balaban J connectivity index is 2.62. The molecular formula is C16H26N2O6. The predicted octanol–water partition coefficient (Wildman–Crippen LogP) is 2.09. The Morgan fingerprint density at radius 2 is 1.83 bits per heavy atom. The van der Waals surface area contributed by atoms with Gasteiger partial charge in [-0.3, -0.25) is 0 Å². The second-order valence-corrected chi connectivity index (χ2v) is 6.98. The highest BCUT2D eigenvalue weighted by Crippen LogP contribution is 2.41. The van der Waals surface area contributed by atoms with Crippen LogP contribution < -0.4 is 10.6 Å². The summed E-state index contributed by atoms with van der Waals surface area (Å²) in [5.41, 5.74) is -0.672. The fourth-order valence-electron chi connectivity index (χ4n) is 3.39. The maximum Gasteiger partial charge on any atom is 0.410 e. The molecule has 0 aromatic heterocycles. The first-order valence-corrected chi connectivity index (χ1v) is 7.68. The zero-order chi connectivity index (χ0) is 18.4. The van der Waals surface area contributed by atoms with Crippen molar-refractivity contribution < 1.29 is 28.6 Å². The number of methoxy groups -OCH3 is 1. The first kappa shape index (κ1) is 19.8. The van der Waals surface area contributed by atoms with Crippen molar-refractivity contribution in [3.05, 3.63) is 12.7 Å². The molecule has 0 bridgehead atoms. The number of esters is 1. The third-order valence-corrected chi connectivity index (χ3v) is 3.83. The topological polar surface area (TPSA) is 103 Å². The smallest absolute Gasteiger partial charge is 0.410 e. The van der Waals surface area contributed by atoms with Crippen LogP contribution in [0.5, 0.6) is 0 Å². The van der Waals surface area contributed by atoms with E-state index >= 15 is 0 Å². The van der Waals surface area contributed by atoms with Crippen molar-refractivity contribution in [3.63, 3.8) is 0 Å². The van der Waals surface area contributed by atoms with Gasteiger partial charge in [0, 0.05) is 17.7 Å². The van der Waals surface area contributed by atoms with Crippen molar-refractivity contribution in [2.75, 3.05) is 13.9 Å². The molecule has 136 valence electrons. The van der Waals surface area contributed by atoms with E-state index in [4.69, 9.17) is 4.74 Å². The van der Waals surface area contributed by atoms with Crippen LogP contribution in [0.4, 0.5) is 9.59 Å². The van der Waals surface area contributed by atoms with E-state index < -0.39 is 30.5 Å². The standard InChI is InChI=1S/C16H26N2O6/c1-6-12(19)23-10-24-14(21)18-16(4)8-11(17-13(20)22-5)7-15(2,3)9-16/h6,11H,1,7-10H2,2-5H3,(H,17,20)(H,18,21). The highest BCUT2D eigenvalue weighted by Gasteiger charge is 2.43. The quantitative estimate of drug-likeness (QED) is 0.450. The van der Waals surface area contributed by atoms with E-state index in [1.54, 1.807) is 0 Å². The lowest BCUT2D eigenvalue weighted by Crippen LogP contribution is -2.57. The van der Waals surface area contributed by atoms with Crippen molar-refractivity contribution in [1.29, 1.82) is 0 Å². The van der Waals surface area contributed by atoms with Crippen LogP contribution in [0, 0.1) is 5.41 Å². The maximum absolute atomic E-state index is 11.9. The number of carbonyl (C=O) groups is 3. The van der Waals surface area contributed by atoms with Crippen molar-refractivity contribution in [1.82, 2.24) is 10.6 Å². The highest BCUT2D eigenvalue weighted by atomic mass is 16.7. The summed E-state index contributed by atoms with van der Waals surface area (Å²) in [4.78, 5) is 34.3. The van der Waals surface area contributed by atoms with Crippen LogP contribution in [0.1, 0.15) is 40.0 Å². The lowest BCUT2D eigenvalue weighted by Gasteiger charge is -2.46. The van der Waals surface area contributed by atoms with Crippen molar-refractivity contribution in [3.8, 4) is 0 Å². The van der Waals surface area contributed by atoms with Gasteiger partial charge in [0.1, 0.15) is 0 Å². The molecule has 0 aromatic rings. The van der Waals surface area contributed by atoms with Crippen LogP contribution in [0.15, 0.2) is 12.7 Å². The Bertz CT molecular complexity index is 505. The number of carbonyl (C=O) groups excluding carboxylic acids is 3. The molecule has 2 atom stereocenters. The molecule has 0 saturated heterocycles. The summed E-state index contributed by atoms with van der Waals surface area (Å²) in [5.74, 6) is -0.671. The van der Waals surface area contributed by atoms with Gasteiger partial charge in [-0.05, 0) is 31.6 Å². The van der Waals surface area contributed by atoms with E-state index in [0.717, 1.165) is 12.5 Å². The zero-order valence-corrected chi connectivity index (χ0v) is 14.6. The van der Waals surface area contributed by atoms with Gasteiger partial charge in [0.25, 0.3) is 0 Å². The first-order valence-electron chi connectivity index (χ1n) is 7.68. The van der Waals surface area contributed by atoms with Crippen molar-refractivity contribution >= 4 is 18.2 Å². The number of rotatable bonds is 5. The van der Waals surface area contributed by atoms with Crippen molar-refractivity contribution in [2.45, 2.75) is 51.6 Å². The SMILES string of the molecule is C=CC(=O)OCOC(=O)NC1(C)CC(NC(=O)OC)CC(C)(C)C1. The Kier molecular flexibility index (Phi) is 6.62. The Morgan fingerprint density at radius 1 is 1.17 bits per heavy atom. The number of ether oxygens (including phenoxy) is 3. The maximum atomic E-state index is 11.9. The normalized spacial score (nSPS) is 25.1. The molecule has 2 N–H and O–H groups in total. The molecule has 0 spiro atoms. The average Bonchev–Trinajstić information content (AvgIpc) is 2.43. The van der Waals surface area contributed by atoms with E-state index in [-0.39, 0.29) is 11.5 Å². The number of amides is 2. The van der Waals surface area contributed by atoms with Crippen LogP contribution in [-0.2, 0) is 19.0 Å². The summed E-state index contributed by atoms with van der Waals surface area (Å²) in [7, 11) is 1.31. The highest BCUT2D eigenvalue weighted by molar-refractivity contribution is 5.81. The fraction of sp³-hybridized carbons (Fsp3) is 0.688. The molecule has 1 fully saturated rings. The molecule has 1 aliphatic carbocycles. The summed E-state index contributed by atoms with van der Waals surface area (Å²) < 4.78 is 14.1. The molecule has 0 aromatic carbocycles. The van der Waals surface area contributed by atoms with Gasteiger partial charge in [-0.15, -0.1) is 0 Å². The Hall–Kier alpha value is -2.25. The summed E-state index contributed by atoms with van der Waals surface area (Å²) >= 11 is 0. The van der Waals surface area contributed by atoms with Crippen LogP contribution in [0.2, 0.25) is 0 Å². The molecule has 0 radical (unpaired) electrons. The van der Waals surface area contributed by atoms with Crippen LogP contribution in [-0.4, -0.2) is 43.6 Å². The first-order chi connectivity index (χ1) is 11.1. The lowest BCUT2D eigenvalue weighted by molar-refractivity contribution is -0.145. The van der Waals surface area contributed by atoms with E-state index in [0.29, 0.717) is 12.8 Å². The minimum absolute atomic E-state index is 0.0960. The molecular weight excluding hydrogens is 316 g/mol. The zero-order valence-electron chi connectivity index (χ0n) is 14.6. The number of hydrogen-bond acceptors (Lipinski definition) is 6. The van der Waals surface area contributed by atoms with Gasteiger partial charge in [0.05, 0.1) is 7.11 Å². The van der Waals surface area contributed by atoms with Gasteiger partial charge in [-0.25, -0.2) is 14.4 Å². The average molecular weight is 342 g/mol. The Labute approximate surface area is 141 Å². The summed E-state index contributed by atoms with van der Waals surface area (Å²) in [6, 6.07) is -0.134. The fourth-order valence-corrected chi connectivity index (χ4v) is 3.39. The van der Waals surface area contributed by atoms with Gasteiger partial charge in [0.2, 0.25) is 6.79 Å². The molecule has 24 heavy (non-hydrogen) atoms. The number of hydrogen-bond donors (Lipinski definition) is 2. The van der Waals surface area contributed by atoms with Gasteiger partial charge in [-0.2, -0.15) is 0 Å². The van der Waals surface area contributed by atoms with Crippen LogP contribution in [0.3, 0.4) is 0 Å². The monoisotopic (exact) mass is 342 g/mol. The van der Waals surface area contributed by atoms with E-state index in [1.165, 1.54) is 7.11 Å². The summed E-state index contributed by atoms with van der Waals surface area (Å²) in [5, 5.41) is 5.58. The van der Waals surface area contributed by atoms with Gasteiger partial charge >= 0.3 is 18.2 Å². The second kappa shape index (κ2) is 8.03. The largest absolute Gasteiger partial charge is 0.453 e. The van der Waals surface area contributed by atoms with Gasteiger partial charge in [0.15, 0.2) is 0 Å². The molecule has 1 rings (SSSR count). The van der Waals surface area contributed by atoms with Crippen LogP contribution in [0.25, 0.3) is 0 Å². The van der Waals surface area contributed by atoms with Gasteiger partial charge < -0.3 is 24.8 Å². The minimum atomic E-state index is -0.691. The van der Waals surface area contributed by atoms with E-state index in [2.05, 4.69) is 40.5 Å². The number of alkyl carbamates (subject to hydrolysis) is 2. The minimum Gasteiger partial charge on any atom is -0.453 e. The molecule has 1 aliphatic rings. The molecule has 0 aliphatic heterocycles. The summed E-state index contributed by atoms with van der Waals surface area (Å²) in [6.07, 6.45) is 1.80. The third kappa shape index (κ3) is 6.47. The molecule has 2 amide bonds. The van der Waals surface area contributed by atoms with Gasteiger partial charge in [-0.1, -0.05) is 20.4 Å². The number of nitrogens with one attached hydrogen (secondary N) is 2. The second-order valence-electron chi connectivity index (χ2n) is 6.98. The molecule has 2 unspecified atom stereocenters. The molecule has 0 heterocycles. The summed E-state index contributed by atoms with van der Waals surface area (Å²) in [6.45, 7) is 8.77. The van der Waals surface area contributed by atoms with Crippen LogP contribution >= 0.6 is 0 Å². The van der Waals surface area contributed by atoms with E-state index in [9.17, 15) is 14.4 Å². The van der Waals surface area contributed by atoms with Crippen molar-refractivity contribution in [2.24, 2.45) is 5.41 Å². The Morgan fingerprint density at radius 3 is 2.42 bits per heavy atom. The predicted molar refractivity (Wildman–Crippen MR) is 86.1 cm³/mol. The molecule has 8 nitrogen and oxygen atoms in total. The molecule has 1 saturated carbocycles.